The highest BCUT2D eigenvalue weighted by Crippen LogP contribution is 2.24. The fourth-order valence-corrected chi connectivity index (χ4v) is 1.84. The van der Waals surface area contributed by atoms with E-state index in [0.717, 1.165) is 31.5 Å². The minimum absolute atomic E-state index is 0.779. The fourth-order valence-electron chi connectivity index (χ4n) is 1.84. The van der Waals surface area contributed by atoms with Crippen LogP contribution in [0.2, 0.25) is 0 Å². The van der Waals surface area contributed by atoms with E-state index < -0.39 is 0 Å². The molecule has 0 aromatic carbocycles. The monoisotopic (exact) mass is 156 g/mol. The van der Waals surface area contributed by atoms with Gasteiger partial charge in [-0.1, -0.05) is 13.3 Å². The zero-order chi connectivity index (χ0) is 8.10. The summed E-state index contributed by atoms with van der Waals surface area (Å²) in [5.41, 5.74) is 5.41. The molecule has 0 aliphatic heterocycles. The molecule has 0 radical (unpaired) electrons. The first-order chi connectivity index (χ1) is 5.34. The van der Waals surface area contributed by atoms with E-state index in [-0.39, 0.29) is 0 Å². The molecule has 0 aromatic rings. The van der Waals surface area contributed by atoms with Crippen LogP contribution in [-0.4, -0.2) is 19.1 Å². The molecule has 1 saturated carbocycles. The number of nitrogens with one attached hydrogen (secondary N) is 1. The van der Waals surface area contributed by atoms with E-state index in [4.69, 9.17) is 5.73 Å². The van der Waals surface area contributed by atoms with Crippen LogP contribution in [0.3, 0.4) is 0 Å². The summed E-state index contributed by atoms with van der Waals surface area (Å²) in [5, 5.41) is 3.55. The van der Waals surface area contributed by atoms with Crippen molar-refractivity contribution in [3.8, 4) is 0 Å². The van der Waals surface area contributed by atoms with Crippen molar-refractivity contribution in [2.24, 2.45) is 11.7 Å². The van der Waals surface area contributed by atoms with Crippen LogP contribution in [0.1, 0.15) is 32.6 Å². The number of hydrogen-bond donors (Lipinski definition) is 2. The van der Waals surface area contributed by atoms with Gasteiger partial charge in [-0.3, -0.25) is 0 Å². The molecule has 0 spiro atoms. The fraction of sp³-hybridized carbons (Fsp3) is 1.00. The third kappa shape index (κ3) is 2.80. The Morgan fingerprint density at radius 1 is 1.45 bits per heavy atom. The second-order valence-corrected chi connectivity index (χ2v) is 3.61. The summed E-state index contributed by atoms with van der Waals surface area (Å²) in [6.45, 7) is 4.26. The topological polar surface area (TPSA) is 38.0 Å². The summed E-state index contributed by atoms with van der Waals surface area (Å²) in [7, 11) is 0. The molecule has 2 unspecified atom stereocenters. The quantitative estimate of drug-likeness (QED) is 0.598. The maximum atomic E-state index is 5.41. The normalized spacial score (nSPS) is 31.1. The second kappa shape index (κ2) is 4.73. The molecule has 2 atom stereocenters. The van der Waals surface area contributed by atoms with Crippen LogP contribution in [0.15, 0.2) is 0 Å². The van der Waals surface area contributed by atoms with Crippen molar-refractivity contribution in [2.75, 3.05) is 13.1 Å². The van der Waals surface area contributed by atoms with Crippen molar-refractivity contribution in [1.82, 2.24) is 5.32 Å². The van der Waals surface area contributed by atoms with Crippen LogP contribution in [0.5, 0.6) is 0 Å². The minimum Gasteiger partial charge on any atom is -0.330 e. The van der Waals surface area contributed by atoms with Crippen molar-refractivity contribution < 1.29 is 0 Å². The lowest BCUT2D eigenvalue weighted by Crippen LogP contribution is -2.32. The van der Waals surface area contributed by atoms with Gasteiger partial charge in [0.05, 0.1) is 0 Å². The van der Waals surface area contributed by atoms with Crippen molar-refractivity contribution in [2.45, 2.75) is 38.6 Å². The molecular formula is C9H20N2. The van der Waals surface area contributed by atoms with Gasteiger partial charge in [-0.05, 0) is 38.3 Å². The Balaban J connectivity index is 2.05. The number of hydrogen-bond acceptors (Lipinski definition) is 2. The number of rotatable bonds is 4. The van der Waals surface area contributed by atoms with Crippen molar-refractivity contribution in [1.29, 1.82) is 0 Å². The van der Waals surface area contributed by atoms with Crippen LogP contribution >= 0.6 is 0 Å². The maximum Gasteiger partial charge on any atom is 0.00927 e. The largest absolute Gasteiger partial charge is 0.330 e. The van der Waals surface area contributed by atoms with Gasteiger partial charge in [0.15, 0.2) is 0 Å². The van der Waals surface area contributed by atoms with E-state index in [2.05, 4.69) is 12.2 Å². The molecule has 1 aliphatic carbocycles. The second-order valence-electron chi connectivity index (χ2n) is 3.61. The Morgan fingerprint density at radius 2 is 2.27 bits per heavy atom. The third-order valence-corrected chi connectivity index (χ3v) is 2.65. The molecule has 1 fully saturated rings. The van der Waals surface area contributed by atoms with Gasteiger partial charge in [0.25, 0.3) is 0 Å². The molecule has 1 rings (SSSR count). The average Bonchev–Trinajstić information content (AvgIpc) is 2.37. The van der Waals surface area contributed by atoms with Crippen molar-refractivity contribution >= 4 is 0 Å². The molecule has 2 heteroatoms. The zero-order valence-corrected chi connectivity index (χ0v) is 7.47. The number of nitrogens with two attached hydrogens (primary N) is 1. The lowest BCUT2D eigenvalue weighted by Gasteiger charge is -2.16. The lowest BCUT2D eigenvalue weighted by molar-refractivity contribution is 0.425. The molecule has 2 nitrogen and oxygen atoms in total. The van der Waals surface area contributed by atoms with Gasteiger partial charge < -0.3 is 11.1 Å². The third-order valence-electron chi connectivity index (χ3n) is 2.65. The lowest BCUT2D eigenvalue weighted by atomic mass is 10.1. The van der Waals surface area contributed by atoms with Crippen LogP contribution in [0.25, 0.3) is 0 Å². The molecule has 0 amide bonds. The van der Waals surface area contributed by atoms with Gasteiger partial charge in [-0.15, -0.1) is 0 Å². The molecule has 0 aromatic heterocycles. The van der Waals surface area contributed by atoms with Crippen LogP contribution in [-0.2, 0) is 0 Å². The summed E-state index contributed by atoms with van der Waals surface area (Å²) < 4.78 is 0. The van der Waals surface area contributed by atoms with Crippen LogP contribution in [0, 0.1) is 5.92 Å². The van der Waals surface area contributed by atoms with Gasteiger partial charge in [0.1, 0.15) is 0 Å². The standard InChI is InChI=1S/C9H20N2/c1-8-4-2-5-9(8)11-7-3-6-10/h8-9,11H,2-7,10H2,1H3. The smallest absolute Gasteiger partial charge is 0.00927 e. The van der Waals surface area contributed by atoms with E-state index in [9.17, 15) is 0 Å². The highest BCUT2D eigenvalue weighted by atomic mass is 14.9. The molecule has 0 bridgehead atoms. The van der Waals surface area contributed by atoms with Gasteiger partial charge >= 0.3 is 0 Å². The first-order valence-corrected chi connectivity index (χ1v) is 4.78. The highest BCUT2D eigenvalue weighted by molar-refractivity contribution is 4.79. The summed E-state index contributed by atoms with van der Waals surface area (Å²) in [5.74, 6) is 0.882. The molecule has 1 aliphatic rings. The van der Waals surface area contributed by atoms with E-state index in [1.165, 1.54) is 19.3 Å². The van der Waals surface area contributed by atoms with E-state index in [1.54, 1.807) is 0 Å². The summed E-state index contributed by atoms with van der Waals surface area (Å²) in [6.07, 6.45) is 5.29. The summed E-state index contributed by atoms with van der Waals surface area (Å²) in [4.78, 5) is 0. The van der Waals surface area contributed by atoms with Gasteiger partial charge in [-0.25, -0.2) is 0 Å². The molecular weight excluding hydrogens is 136 g/mol. The first kappa shape index (κ1) is 9.01. The molecule has 66 valence electrons. The van der Waals surface area contributed by atoms with Crippen LogP contribution in [0.4, 0.5) is 0 Å². The van der Waals surface area contributed by atoms with Crippen molar-refractivity contribution in [3.63, 3.8) is 0 Å². The Morgan fingerprint density at radius 3 is 2.82 bits per heavy atom. The summed E-state index contributed by atoms with van der Waals surface area (Å²) >= 11 is 0. The van der Waals surface area contributed by atoms with Gasteiger partial charge in [0, 0.05) is 6.04 Å². The van der Waals surface area contributed by atoms with Crippen LogP contribution < -0.4 is 11.1 Å². The first-order valence-electron chi connectivity index (χ1n) is 4.78. The van der Waals surface area contributed by atoms with Gasteiger partial charge in [0.2, 0.25) is 0 Å². The Kier molecular flexibility index (Phi) is 3.87. The van der Waals surface area contributed by atoms with E-state index in [0.29, 0.717) is 0 Å². The maximum absolute atomic E-state index is 5.41. The molecule has 0 heterocycles. The molecule has 11 heavy (non-hydrogen) atoms. The van der Waals surface area contributed by atoms with Crippen molar-refractivity contribution in [3.05, 3.63) is 0 Å². The predicted molar refractivity (Wildman–Crippen MR) is 48.5 cm³/mol. The Labute approximate surface area is 69.5 Å². The summed E-state index contributed by atoms with van der Waals surface area (Å²) in [6, 6.07) is 0.779. The Bertz CT molecular complexity index is 104. The highest BCUT2D eigenvalue weighted by Gasteiger charge is 2.21. The average molecular weight is 156 g/mol. The molecule has 3 N–H and O–H groups in total. The SMILES string of the molecule is CC1CCCC1NCCCN. The minimum atomic E-state index is 0.779. The van der Waals surface area contributed by atoms with Gasteiger partial charge in [-0.2, -0.15) is 0 Å². The van der Waals surface area contributed by atoms with E-state index in [1.807, 2.05) is 0 Å². The zero-order valence-electron chi connectivity index (χ0n) is 7.47. The predicted octanol–water partition coefficient (Wildman–Crippen LogP) is 1.11. The molecule has 0 saturated heterocycles. The van der Waals surface area contributed by atoms with E-state index >= 15 is 0 Å². The Hall–Kier alpha value is -0.0800.